The highest BCUT2D eigenvalue weighted by Gasteiger charge is 1.91. The molecule has 0 aromatic carbocycles. The van der Waals surface area contributed by atoms with Crippen LogP contribution in [0.2, 0.25) is 0 Å². The Balaban J connectivity index is 3.04. The lowest BCUT2D eigenvalue weighted by atomic mass is 10.4. The Bertz CT molecular complexity index is 318. The van der Waals surface area contributed by atoms with Crippen molar-refractivity contribution in [3.05, 3.63) is 18.0 Å². The van der Waals surface area contributed by atoms with Gasteiger partial charge in [-0.3, -0.25) is 4.68 Å². The van der Waals surface area contributed by atoms with Crippen molar-refractivity contribution >= 4 is 0 Å². The lowest BCUT2D eigenvalue weighted by Gasteiger charge is -1.89. The molecule has 1 rings (SSSR count). The van der Waals surface area contributed by atoms with Gasteiger partial charge in [0.1, 0.15) is 0 Å². The Morgan fingerprint density at radius 3 is 3.56 bits per heavy atom. The average molecular weight is 131 g/mol. The Hall–Kier alpha value is -0.830. The fraction of sp³-hybridized carbons (Fsp3) is 0.500. The fourth-order valence-corrected chi connectivity index (χ4v) is 0.503. The summed E-state index contributed by atoms with van der Waals surface area (Å²) in [7, 11) is 0. The summed E-state index contributed by atoms with van der Waals surface area (Å²) in [5, 5.41) is 12.2. The Morgan fingerprint density at radius 2 is 3.00 bits per heavy atom. The quantitative estimate of drug-likeness (QED) is 0.630. The van der Waals surface area contributed by atoms with Crippen LogP contribution in [-0.4, -0.2) is 14.9 Å². The molecule has 9 heavy (non-hydrogen) atoms. The van der Waals surface area contributed by atoms with Crippen molar-refractivity contribution in [1.82, 2.24) is 9.78 Å². The smallest absolute Gasteiger partial charge is 0.0712 e. The van der Waals surface area contributed by atoms with Gasteiger partial charge in [0.2, 0.25) is 0 Å². The number of hydrogen-bond acceptors (Lipinski definition) is 2. The maximum absolute atomic E-state index is 8.70. The largest absolute Gasteiger partial charge is 0.392 e. The highest BCUT2D eigenvalue weighted by Crippen LogP contribution is 1.95. The average Bonchev–Trinajstić information content (AvgIpc) is 2.49. The summed E-state index contributed by atoms with van der Waals surface area (Å²) in [6.45, 7) is -5.64. The van der Waals surface area contributed by atoms with E-state index in [0.717, 1.165) is 0 Å². The van der Waals surface area contributed by atoms with E-state index < -0.39 is 13.3 Å². The van der Waals surface area contributed by atoms with Crippen LogP contribution in [0.4, 0.5) is 0 Å². The van der Waals surface area contributed by atoms with Crippen molar-refractivity contribution in [3.8, 4) is 0 Å². The molecule has 0 aliphatic rings. The number of aromatic nitrogens is 2. The van der Waals surface area contributed by atoms with Crippen LogP contribution >= 0.6 is 0 Å². The number of aryl methyl sites for hydroxylation is 1. The Morgan fingerprint density at radius 1 is 2.11 bits per heavy atom. The predicted octanol–water partition coefficient (Wildman–Crippen LogP) is 0.395. The van der Waals surface area contributed by atoms with Crippen molar-refractivity contribution in [2.45, 2.75) is 20.0 Å². The fourth-order valence-electron chi connectivity index (χ4n) is 0.503. The minimum Gasteiger partial charge on any atom is -0.392 e. The van der Waals surface area contributed by atoms with E-state index >= 15 is 0 Å². The van der Waals surface area contributed by atoms with Gasteiger partial charge in [-0.05, 0) is 6.85 Å². The molecular weight excluding hydrogens is 116 g/mol. The van der Waals surface area contributed by atoms with Crippen LogP contribution < -0.4 is 0 Å². The van der Waals surface area contributed by atoms with E-state index in [9.17, 15) is 0 Å². The number of aliphatic hydroxyl groups is 1. The molecule has 3 nitrogen and oxygen atoms in total. The summed E-state index contributed by atoms with van der Waals surface area (Å²) < 4.78 is 36.3. The van der Waals surface area contributed by atoms with Gasteiger partial charge in [-0.2, -0.15) is 5.10 Å². The van der Waals surface area contributed by atoms with E-state index in [1.807, 2.05) is 0 Å². The third-order valence-corrected chi connectivity index (χ3v) is 0.933. The first-order valence-corrected chi connectivity index (χ1v) is 2.44. The Kier molecular flexibility index (Phi) is 0.710. The molecule has 0 saturated heterocycles. The lowest BCUT2D eigenvalue weighted by molar-refractivity contribution is 0.281. The van der Waals surface area contributed by atoms with Crippen LogP contribution in [0.5, 0.6) is 0 Å². The summed E-state index contributed by atoms with van der Waals surface area (Å²) in [6.07, 6.45) is 2.40. The number of nitrogens with zero attached hydrogens (tertiary/aromatic N) is 2. The summed E-state index contributed by atoms with van der Waals surface area (Å²) in [4.78, 5) is 0. The van der Waals surface area contributed by atoms with Crippen molar-refractivity contribution < 1.29 is 12.0 Å². The van der Waals surface area contributed by atoms with Crippen LogP contribution in [0.15, 0.2) is 12.4 Å². The molecule has 1 aromatic rings. The maximum atomic E-state index is 8.70. The molecule has 0 unspecified atom stereocenters. The predicted molar refractivity (Wildman–Crippen MR) is 33.8 cm³/mol. The standard InChI is InChI=1S/C6H10N2O/c1-2-8-4-6(5-9)3-7-8/h3-4,9H,2,5H2,1H3/i1D3,2D2. The van der Waals surface area contributed by atoms with E-state index in [0.29, 0.717) is 10.2 Å². The van der Waals surface area contributed by atoms with Crippen LogP contribution in [0.1, 0.15) is 19.3 Å². The molecule has 0 atom stereocenters. The van der Waals surface area contributed by atoms with Crippen molar-refractivity contribution in [2.24, 2.45) is 0 Å². The SMILES string of the molecule is [2H]C([2H])([2H])C([2H])([2H])n1cc(CO)cn1. The van der Waals surface area contributed by atoms with E-state index in [2.05, 4.69) is 5.10 Å². The van der Waals surface area contributed by atoms with Gasteiger partial charge in [-0.1, -0.05) is 0 Å². The van der Waals surface area contributed by atoms with Crippen LogP contribution in [-0.2, 0) is 13.1 Å². The highest BCUT2D eigenvalue weighted by atomic mass is 16.3. The van der Waals surface area contributed by atoms with E-state index in [1.54, 1.807) is 0 Å². The minimum absolute atomic E-state index is 0.295. The van der Waals surface area contributed by atoms with E-state index in [1.165, 1.54) is 12.4 Å². The van der Waals surface area contributed by atoms with Gasteiger partial charge >= 0.3 is 0 Å². The second-order valence-corrected chi connectivity index (χ2v) is 1.56. The van der Waals surface area contributed by atoms with Gasteiger partial charge in [0.25, 0.3) is 0 Å². The molecule has 50 valence electrons. The molecule has 3 heteroatoms. The van der Waals surface area contributed by atoms with Gasteiger partial charge < -0.3 is 5.11 Å². The minimum atomic E-state index is -2.79. The van der Waals surface area contributed by atoms with Gasteiger partial charge in [-0.15, -0.1) is 0 Å². The van der Waals surface area contributed by atoms with Crippen molar-refractivity contribution in [2.75, 3.05) is 0 Å². The van der Waals surface area contributed by atoms with Crippen LogP contribution in [0, 0.1) is 0 Å². The maximum Gasteiger partial charge on any atom is 0.0712 e. The molecule has 0 bridgehead atoms. The number of hydrogen-bond donors (Lipinski definition) is 1. The van der Waals surface area contributed by atoms with Crippen LogP contribution in [0.25, 0.3) is 0 Å². The second-order valence-electron chi connectivity index (χ2n) is 1.56. The molecule has 0 radical (unpaired) electrons. The highest BCUT2D eigenvalue weighted by molar-refractivity contribution is 5.00. The van der Waals surface area contributed by atoms with Gasteiger partial charge in [0, 0.05) is 22.4 Å². The zero-order chi connectivity index (χ0) is 11.0. The summed E-state index contributed by atoms with van der Waals surface area (Å²) >= 11 is 0. The molecule has 0 spiro atoms. The zero-order valence-corrected chi connectivity index (χ0v) is 4.70. The first kappa shape index (κ1) is 2.42. The summed E-state index contributed by atoms with van der Waals surface area (Å²) in [5.41, 5.74) is 0.373. The first-order valence-electron chi connectivity index (χ1n) is 4.94. The zero-order valence-electron chi connectivity index (χ0n) is 9.70. The molecule has 1 heterocycles. The first-order chi connectivity index (χ1) is 6.29. The Labute approximate surface area is 61.0 Å². The summed E-state index contributed by atoms with van der Waals surface area (Å²) in [5.74, 6) is 0. The number of aliphatic hydroxyl groups excluding tert-OH is 1. The molecule has 0 aliphatic heterocycles. The third kappa shape index (κ3) is 1.29. The summed E-state index contributed by atoms with van der Waals surface area (Å²) in [6, 6.07) is 0. The van der Waals surface area contributed by atoms with Crippen LogP contribution in [0.3, 0.4) is 0 Å². The molecule has 0 aliphatic carbocycles. The lowest BCUT2D eigenvalue weighted by Crippen LogP contribution is -1.92. The monoisotopic (exact) mass is 131 g/mol. The van der Waals surface area contributed by atoms with E-state index in [4.69, 9.17) is 12.0 Å². The third-order valence-electron chi connectivity index (χ3n) is 0.933. The molecule has 0 saturated carbocycles. The van der Waals surface area contributed by atoms with Gasteiger partial charge in [-0.25, -0.2) is 0 Å². The normalized spacial score (nSPS) is 21.2. The van der Waals surface area contributed by atoms with Gasteiger partial charge in [0.15, 0.2) is 0 Å². The molecule has 1 N–H and O–H groups in total. The topological polar surface area (TPSA) is 38.0 Å². The van der Waals surface area contributed by atoms with Gasteiger partial charge in [0.05, 0.1) is 15.5 Å². The van der Waals surface area contributed by atoms with E-state index in [-0.39, 0.29) is 6.61 Å². The molecule has 0 amide bonds. The number of rotatable bonds is 2. The molecule has 1 aromatic heterocycles. The molecule has 0 fully saturated rings. The second kappa shape index (κ2) is 2.64. The van der Waals surface area contributed by atoms with Crippen molar-refractivity contribution in [3.63, 3.8) is 0 Å². The van der Waals surface area contributed by atoms with Crippen molar-refractivity contribution in [1.29, 1.82) is 0 Å². The molecular formula is C6H10N2O.